The smallest absolute Gasteiger partial charge is 0.00160 e. The Labute approximate surface area is 68.0 Å². The SMILES string of the molecule is CN(C)CCC1=CC=C=C=C1. The number of hydrogen-bond acceptors (Lipinski definition) is 1. The highest BCUT2D eigenvalue weighted by Gasteiger charge is 1.94. The van der Waals surface area contributed by atoms with Gasteiger partial charge in [0.15, 0.2) is 0 Å². The fraction of sp³-hybridized carbons (Fsp3) is 0.400. The van der Waals surface area contributed by atoms with Crippen LogP contribution in [0.1, 0.15) is 6.42 Å². The normalized spacial score (nSPS) is 14.3. The molecular weight excluding hydrogens is 134 g/mol. The van der Waals surface area contributed by atoms with Crippen molar-refractivity contribution in [1.29, 1.82) is 0 Å². The van der Waals surface area contributed by atoms with Gasteiger partial charge in [0.25, 0.3) is 0 Å². The molecule has 0 atom stereocenters. The van der Waals surface area contributed by atoms with Crippen LogP contribution in [0.4, 0.5) is 0 Å². The number of allylic oxidation sites excluding steroid dienone is 3. The van der Waals surface area contributed by atoms with Gasteiger partial charge in [-0.3, -0.25) is 0 Å². The van der Waals surface area contributed by atoms with E-state index in [1.54, 1.807) is 0 Å². The van der Waals surface area contributed by atoms with Gasteiger partial charge in [0, 0.05) is 6.54 Å². The molecule has 1 rings (SSSR count). The lowest BCUT2D eigenvalue weighted by molar-refractivity contribution is 0.414. The molecule has 0 heterocycles. The quantitative estimate of drug-likeness (QED) is 0.550. The first kappa shape index (κ1) is 8.10. The molecule has 0 spiro atoms. The van der Waals surface area contributed by atoms with Crippen molar-refractivity contribution in [1.82, 2.24) is 4.90 Å². The Balaban J connectivity index is 2.36. The average molecular weight is 147 g/mol. The van der Waals surface area contributed by atoms with Gasteiger partial charge in [-0.1, -0.05) is 11.5 Å². The van der Waals surface area contributed by atoms with Gasteiger partial charge in [0.2, 0.25) is 0 Å². The Morgan fingerprint density at radius 1 is 1.36 bits per heavy atom. The van der Waals surface area contributed by atoms with Crippen molar-refractivity contribution < 1.29 is 0 Å². The van der Waals surface area contributed by atoms with Crippen LogP contribution >= 0.6 is 0 Å². The molecule has 0 saturated heterocycles. The Morgan fingerprint density at radius 2 is 2.18 bits per heavy atom. The van der Waals surface area contributed by atoms with Crippen molar-refractivity contribution >= 4 is 0 Å². The first-order chi connectivity index (χ1) is 5.29. The molecule has 0 radical (unpaired) electrons. The van der Waals surface area contributed by atoms with Crippen LogP contribution in [0.15, 0.2) is 35.3 Å². The minimum absolute atomic E-state index is 1.10. The number of nitrogens with zero attached hydrogens (tertiary/aromatic N) is 1. The Kier molecular flexibility index (Phi) is 2.95. The maximum Gasteiger partial charge on any atom is 0.00160 e. The van der Waals surface area contributed by atoms with E-state index in [1.165, 1.54) is 5.57 Å². The molecule has 1 heteroatoms. The first-order valence-corrected chi connectivity index (χ1v) is 3.80. The predicted molar refractivity (Wildman–Crippen MR) is 47.4 cm³/mol. The third-order valence-corrected chi connectivity index (χ3v) is 1.57. The molecule has 1 aliphatic rings. The molecule has 58 valence electrons. The first-order valence-electron chi connectivity index (χ1n) is 3.80. The van der Waals surface area contributed by atoms with E-state index >= 15 is 0 Å². The molecule has 0 bridgehead atoms. The third-order valence-electron chi connectivity index (χ3n) is 1.57. The van der Waals surface area contributed by atoms with Gasteiger partial charge in [0.1, 0.15) is 0 Å². The summed E-state index contributed by atoms with van der Waals surface area (Å²) in [5.41, 5.74) is 7.15. The summed E-state index contributed by atoms with van der Waals surface area (Å²) in [5, 5.41) is 0. The highest BCUT2D eigenvalue weighted by molar-refractivity contribution is 5.26. The minimum Gasteiger partial charge on any atom is -0.309 e. The minimum atomic E-state index is 1.10. The Hall–Kier alpha value is -1.00. The van der Waals surface area contributed by atoms with E-state index in [1.807, 2.05) is 12.2 Å². The van der Waals surface area contributed by atoms with E-state index in [-0.39, 0.29) is 0 Å². The summed E-state index contributed by atoms with van der Waals surface area (Å²) in [7, 11) is 4.16. The molecule has 0 unspecified atom stereocenters. The van der Waals surface area contributed by atoms with Crippen molar-refractivity contribution in [2.45, 2.75) is 6.42 Å². The third kappa shape index (κ3) is 3.06. The van der Waals surface area contributed by atoms with Crippen LogP contribution < -0.4 is 0 Å². The zero-order chi connectivity index (χ0) is 8.10. The molecule has 0 aliphatic heterocycles. The van der Waals surface area contributed by atoms with Crippen molar-refractivity contribution in [3.05, 3.63) is 35.3 Å². The Bertz CT molecular complexity index is 246. The summed E-state index contributed by atoms with van der Waals surface area (Å²) in [6.45, 7) is 1.10. The molecule has 1 aliphatic carbocycles. The second-order valence-electron chi connectivity index (χ2n) is 2.89. The van der Waals surface area contributed by atoms with E-state index in [0.29, 0.717) is 0 Å². The summed E-state index contributed by atoms with van der Waals surface area (Å²) in [6, 6.07) is 0. The van der Waals surface area contributed by atoms with E-state index in [9.17, 15) is 0 Å². The molecule has 0 saturated carbocycles. The number of hydrogen-bond donors (Lipinski definition) is 0. The van der Waals surface area contributed by atoms with Crippen LogP contribution in [0.3, 0.4) is 0 Å². The van der Waals surface area contributed by atoms with E-state index < -0.39 is 0 Å². The topological polar surface area (TPSA) is 3.24 Å². The molecule has 0 aromatic heterocycles. The zero-order valence-corrected chi connectivity index (χ0v) is 7.09. The lowest BCUT2D eigenvalue weighted by atomic mass is 10.1. The largest absolute Gasteiger partial charge is 0.309 e. The van der Waals surface area contributed by atoms with E-state index in [0.717, 1.165) is 13.0 Å². The van der Waals surface area contributed by atoms with Gasteiger partial charge in [0.05, 0.1) is 0 Å². The monoisotopic (exact) mass is 147 g/mol. The van der Waals surface area contributed by atoms with Gasteiger partial charge in [-0.2, -0.15) is 0 Å². The van der Waals surface area contributed by atoms with Crippen LogP contribution in [0, 0.1) is 0 Å². The maximum absolute atomic E-state index is 2.94. The standard InChI is InChI=1S/C10H13N/c1-11(2)9-8-10-6-4-3-5-7-10/h4,6-7H,8-9H2,1-2H3. The molecule has 0 aromatic rings. The van der Waals surface area contributed by atoms with Gasteiger partial charge in [-0.05, 0) is 44.3 Å². The van der Waals surface area contributed by atoms with Crippen LogP contribution in [-0.4, -0.2) is 25.5 Å². The second kappa shape index (κ2) is 4.00. The van der Waals surface area contributed by atoms with Crippen molar-refractivity contribution in [2.24, 2.45) is 0 Å². The molecule has 0 amide bonds. The van der Waals surface area contributed by atoms with Crippen molar-refractivity contribution in [3.8, 4) is 0 Å². The Morgan fingerprint density at radius 3 is 2.73 bits per heavy atom. The van der Waals surface area contributed by atoms with Gasteiger partial charge < -0.3 is 4.90 Å². The molecule has 11 heavy (non-hydrogen) atoms. The van der Waals surface area contributed by atoms with Crippen LogP contribution in [0.5, 0.6) is 0 Å². The van der Waals surface area contributed by atoms with Crippen LogP contribution in [0.2, 0.25) is 0 Å². The van der Waals surface area contributed by atoms with Gasteiger partial charge in [-0.15, -0.1) is 0 Å². The second-order valence-corrected chi connectivity index (χ2v) is 2.89. The summed E-state index contributed by atoms with van der Waals surface area (Å²) in [4.78, 5) is 2.18. The van der Waals surface area contributed by atoms with Crippen LogP contribution in [0.25, 0.3) is 0 Å². The highest BCUT2D eigenvalue weighted by atomic mass is 15.0. The molecular formula is C10H13N. The van der Waals surface area contributed by atoms with Crippen molar-refractivity contribution in [2.75, 3.05) is 20.6 Å². The lowest BCUT2D eigenvalue weighted by Crippen LogP contribution is -2.13. The summed E-state index contributed by atoms with van der Waals surface area (Å²) in [6.07, 6.45) is 7.08. The van der Waals surface area contributed by atoms with Crippen molar-refractivity contribution in [3.63, 3.8) is 0 Å². The lowest BCUT2D eigenvalue weighted by Gasteiger charge is -2.08. The van der Waals surface area contributed by atoms with Gasteiger partial charge >= 0.3 is 0 Å². The highest BCUT2D eigenvalue weighted by Crippen LogP contribution is 2.05. The molecule has 1 nitrogen and oxygen atoms in total. The fourth-order valence-corrected chi connectivity index (χ4v) is 0.888. The molecule has 0 N–H and O–H groups in total. The maximum atomic E-state index is 2.94. The zero-order valence-electron chi connectivity index (χ0n) is 7.09. The average Bonchev–Trinajstić information content (AvgIpc) is 2.03. The van der Waals surface area contributed by atoms with E-state index in [2.05, 4.69) is 36.5 Å². The van der Waals surface area contributed by atoms with E-state index in [4.69, 9.17) is 0 Å². The number of rotatable bonds is 3. The van der Waals surface area contributed by atoms with Crippen LogP contribution in [-0.2, 0) is 0 Å². The predicted octanol–water partition coefficient (Wildman–Crippen LogP) is 1.74. The molecule has 0 aromatic carbocycles. The fourth-order valence-electron chi connectivity index (χ4n) is 0.888. The van der Waals surface area contributed by atoms with Gasteiger partial charge in [-0.25, -0.2) is 0 Å². The molecule has 0 fully saturated rings. The summed E-state index contributed by atoms with van der Waals surface area (Å²) < 4.78 is 0. The summed E-state index contributed by atoms with van der Waals surface area (Å²) >= 11 is 0. The summed E-state index contributed by atoms with van der Waals surface area (Å²) in [5.74, 6) is 0.